The predicted molar refractivity (Wildman–Crippen MR) is 106 cm³/mol. The van der Waals surface area contributed by atoms with Crippen molar-refractivity contribution in [3.05, 3.63) is 82.3 Å². The van der Waals surface area contributed by atoms with Crippen molar-refractivity contribution >= 4 is 38.9 Å². The van der Waals surface area contributed by atoms with Crippen LogP contribution in [0.25, 0.3) is 22.6 Å². The highest BCUT2D eigenvalue weighted by Gasteiger charge is 2.08. The van der Waals surface area contributed by atoms with Gasteiger partial charge in [-0.05, 0) is 55.0 Å². The predicted octanol–water partition coefficient (Wildman–Crippen LogP) is 6.32. The maximum atomic E-state index is 5.87. The zero-order valence-corrected chi connectivity index (χ0v) is 15.2. The highest BCUT2D eigenvalue weighted by molar-refractivity contribution is 9.10. The van der Waals surface area contributed by atoms with E-state index in [-0.39, 0.29) is 0 Å². The highest BCUT2D eigenvalue weighted by atomic mass is 79.9. The average Bonchev–Trinajstić information content (AvgIpc) is 3.03. The van der Waals surface area contributed by atoms with Crippen LogP contribution in [0.3, 0.4) is 0 Å². The van der Waals surface area contributed by atoms with Crippen molar-refractivity contribution in [3.63, 3.8) is 0 Å². The highest BCUT2D eigenvalue weighted by Crippen LogP contribution is 2.27. The third-order valence-corrected chi connectivity index (χ3v) is 4.34. The van der Waals surface area contributed by atoms with Gasteiger partial charge in [0.15, 0.2) is 5.58 Å². The molecule has 0 aliphatic rings. The molecule has 0 bridgehead atoms. The molecule has 1 heterocycles. The van der Waals surface area contributed by atoms with Crippen LogP contribution in [0.4, 0.5) is 5.69 Å². The third kappa shape index (κ3) is 3.54. The van der Waals surface area contributed by atoms with Gasteiger partial charge in [-0.15, -0.1) is 0 Å². The molecule has 1 aromatic heterocycles. The molecule has 0 radical (unpaired) electrons. The quantitative estimate of drug-likeness (QED) is 0.384. The normalized spacial score (nSPS) is 11.4. The molecule has 3 aromatic carbocycles. The van der Waals surface area contributed by atoms with E-state index in [1.165, 1.54) is 5.56 Å². The number of oxazole rings is 1. The van der Waals surface area contributed by atoms with E-state index in [0.717, 1.165) is 32.4 Å². The molecule has 4 rings (SSSR count). The zero-order chi connectivity index (χ0) is 17.2. The lowest BCUT2D eigenvalue weighted by molar-refractivity contribution is 0.620. The first kappa shape index (κ1) is 15.8. The van der Waals surface area contributed by atoms with Crippen molar-refractivity contribution < 1.29 is 4.42 Å². The smallest absolute Gasteiger partial charge is 0.227 e. The van der Waals surface area contributed by atoms with E-state index in [9.17, 15) is 0 Å². The summed E-state index contributed by atoms with van der Waals surface area (Å²) in [5.74, 6) is 0.631. The lowest BCUT2D eigenvalue weighted by Gasteiger charge is -1.95. The molecule has 0 spiro atoms. The Morgan fingerprint density at radius 1 is 1.00 bits per heavy atom. The Kier molecular flexibility index (Phi) is 4.20. The van der Waals surface area contributed by atoms with Crippen LogP contribution in [0.1, 0.15) is 11.1 Å². The Hall–Kier alpha value is -2.72. The molecule has 122 valence electrons. The van der Waals surface area contributed by atoms with Crippen molar-refractivity contribution in [2.24, 2.45) is 4.99 Å². The van der Waals surface area contributed by atoms with Gasteiger partial charge < -0.3 is 4.42 Å². The van der Waals surface area contributed by atoms with Gasteiger partial charge in [-0.3, -0.25) is 4.99 Å². The fourth-order valence-electron chi connectivity index (χ4n) is 2.63. The molecule has 0 saturated heterocycles. The summed E-state index contributed by atoms with van der Waals surface area (Å²) in [6.45, 7) is 2.06. The number of benzene rings is 3. The minimum absolute atomic E-state index is 0.631. The second kappa shape index (κ2) is 6.65. The van der Waals surface area contributed by atoms with Gasteiger partial charge in [0.25, 0.3) is 0 Å². The number of hydrogen-bond acceptors (Lipinski definition) is 3. The average molecular weight is 391 g/mol. The first-order chi connectivity index (χ1) is 12.2. The SMILES string of the molecule is Cc1cccc(-c2nc3cc(N=Cc4cccc(Br)c4)ccc3o2)c1. The summed E-state index contributed by atoms with van der Waals surface area (Å²) in [5, 5.41) is 0. The number of hydrogen-bond donors (Lipinski definition) is 0. The Morgan fingerprint density at radius 2 is 1.88 bits per heavy atom. The minimum Gasteiger partial charge on any atom is -0.436 e. The molecular formula is C21H15BrN2O. The number of halogens is 1. The first-order valence-corrected chi connectivity index (χ1v) is 8.74. The van der Waals surface area contributed by atoms with Gasteiger partial charge in [0.2, 0.25) is 5.89 Å². The summed E-state index contributed by atoms with van der Waals surface area (Å²) >= 11 is 3.47. The molecule has 0 aliphatic carbocycles. The van der Waals surface area contributed by atoms with Crippen LogP contribution < -0.4 is 0 Å². The van der Waals surface area contributed by atoms with Crippen LogP contribution >= 0.6 is 15.9 Å². The number of fused-ring (bicyclic) bond motifs is 1. The summed E-state index contributed by atoms with van der Waals surface area (Å²) in [6.07, 6.45) is 1.84. The minimum atomic E-state index is 0.631. The van der Waals surface area contributed by atoms with Crippen molar-refractivity contribution in [3.8, 4) is 11.5 Å². The molecule has 0 unspecified atom stereocenters. The van der Waals surface area contributed by atoms with Gasteiger partial charge in [-0.2, -0.15) is 0 Å². The molecule has 0 atom stereocenters. The maximum Gasteiger partial charge on any atom is 0.227 e. The van der Waals surface area contributed by atoms with E-state index in [1.807, 2.05) is 60.8 Å². The van der Waals surface area contributed by atoms with E-state index in [0.29, 0.717) is 5.89 Å². The summed E-state index contributed by atoms with van der Waals surface area (Å²) in [4.78, 5) is 9.14. The van der Waals surface area contributed by atoms with Gasteiger partial charge in [0.1, 0.15) is 5.52 Å². The second-order valence-corrected chi connectivity index (χ2v) is 6.77. The summed E-state index contributed by atoms with van der Waals surface area (Å²) in [6, 6.07) is 21.9. The number of aromatic nitrogens is 1. The Labute approximate surface area is 154 Å². The van der Waals surface area contributed by atoms with Crippen LogP contribution in [-0.4, -0.2) is 11.2 Å². The molecule has 3 nitrogen and oxygen atoms in total. The van der Waals surface area contributed by atoms with Crippen molar-refractivity contribution in [1.82, 2.24) is 4.98 Å². The molecular weight excluding hydrogens is 376 g/mol. The van der Waals surface area contributed by atoms with Crippen molar-refractivity contribution in [1.29, 1.82) is 0 Å². The topological polar surface area (TPSA) is 38.4 Å². The molecule has 0 fully saturated rings. The van der Waals surface area contributed by atoms with Gasteiger partial charge >= 0.3 is 0 Å². The largest absolute Gasteiger partial charge is 0.436 e. The Bertz CT molecular complexity index is 1080. The number of nitrogens with zero attached hydrogens (tertiary/aromatic N) is 2. The molecule has 0 aliphatic heterocycles. The molecule has 25 heavy (non-hydrogen) atoms. The molecule has 4 aromatic rings. The van der Waals surface area contributed by atoms with Gasteiger partial charge in [-0.25, -0.2) is 4.98 Å². The maximum absolute atomic E-state index is 5.87. The number of aryl methyl sites for hydroxylation is 1. The summed E-state index contributed by atoms with van der Waals surface area (Å²) in [7, 11) is 0. The van der Waals surface area contributed by atoms with Crippen molar-refractivity contribution in [2.75, 3.05) is 0 Å². The van der Waals surface area contributed by atoms with Crippen LogP contribution in [-0.2, 0) is 0 Å². The van der Waals surface area contributed by atoms with E-state index in [4.69, 9.17) is 4.42 Å². The van der Waals surface area contributed by atoms with E-state index < -0.39 is 0 Å². The number of aliphatic imine (C=N–C) groups is 1. The molecule has 0 N–H and O–H groups in total. The van der Waals surface area contributed by atoms with E-state index in [1.54, 1.807) is 0 Å². The molecule has 0 saturated carbocycles. The van der Waals surface area contributed by atoms with Crippen molar-refractivity contribution in [2.45, 2.75) is 6.92 Å². The fourth-order valence-corrected chi connectivity index (χ4v) is 3.05. The standard InChI is InChI=1S/C21H15BrN2O/c1-14-4-2-6-16(10-14)21-24-19-12-18(8-9-20(19)25-21)23-13-15-5-3-7-17(22)11-15/h2-13H,1H3. The van der Waals surface area contributed by atoms with Gasteiger partial charge in [0, 0.05) is 16.3 Å². The van der Waals surface area contributed by atoms with Gasteiger partial charge in [0.05, 0.1) is 5.69 Å². The Morgan fingerprint density at radius 3 is 2.72 bits per heavy atom. The van der Waals surface area contributed by atoms with Gasteiger partial charge in [-0.1, -0.05) is 45.8 Å². The summed E-state index contributed by atoms with van der Waals surface area (Å²) in [5.41, 5.74) is 5.61. The summed E-state index contributed by atoms with van der Waals surface area (Å²) < 4.78 is 6.91. The fraction of sp³-hybridized carbons (Fsp3) is 0.0476. The van der Waals surface area contributed by atoms with Crippen LogP contribution in [0.15, 0.2) is 80.6 Å². The zero-order valence-electron chi connectivity index (χ0n) is 13.6. The van der Waals surface area contributed by atoms with E-state index >= 15 is 0 Å². The first-order valence-electron chi connectivity index (χ1n) is 7.95. The third-order valence-electron chi connectivity index (χ3n) is 3.85. The second-order valence-electron chi connectivity index (χ2n) is 5.85. The lowest BCUT2D eigenvalue weighted by Crippen LogP contribution is -1.79. The number of rotatable bonds is 3. The van der Waals surface area contributed by atoms with Crippen LogP contribution in [0, 0.1) is 6.92 Å². The van der Waals surface area contributed by atoms with Crippen LogP contribution in [0.2, 0.25) is 0 Å². The Balaban J connectivity index is 1.66. The molecule has 4 heteroatoms. The lowest BCUT2D eigenvalue weighted by atomic mass is 10.1. The van der Waals surface area contributed by atoms with Crippen LogP contribution in [0.5, 0.6) is 0 Å². The molecule has 0 amide bonds. The monoisotopic (exact) mass is 390 g/mol. The van der Waals surface area contributed by atoms with E-state index in [2.05, 4.69) is 45.0 Å².